The molecule has 4 heteroatoms. The van der Waals surface area contributed by atoms with Crippen molar-refractivity contribution in [3.8, 4) is 0 Å². The maximum absolute atomic E-state index is 13.3. The minimum Gasteiger partial charge on any atom is -0.293 e. The van der Waals surface area contributed by atoms with Crippen LogP contribution in [0.2, 0.25) is 0 Å². The number of thioether (sulfide) groups is 1. The number of Topliss-reactive ketones (excluding diaryl/α,β-unsaturated/α-hetero) is 1. The number of ketones is 1. The monoisotopic (exact) mass is 225 g/mol. The van der Waals surface area contributed by atoms with Gasteiger partial charge < -0.3 is 0 Å². The first-order chi connectivity index (χ1) is 7.29. The highest BCUT2D eigenvalue weighted by atomic mass is 32.2. The Morgan fingerprint density at radius 3 is 3.07 bits per heavy atom. The normalized spacial score (nSPS) is 21.3. The molecule has 1 aromatic rings. The summed E-state index contributed by atoms with van der Waals surface area (Å²) in [5.41, 5.74) is 0.185. The molecule has 0 amide bonds. The average molecular weight is 225 g/mol. The van der Waals surface area contributed by atoms with Crippen molar-refractivity contribution in [2.45, 2.75) is 24.5 Å². The predicted molar refractivity (Wildman–Crippen MR) is 58.6 cm³/mol. The van der Waals surface area contributed by atoms with E-state index in [1.54, 1.807) is 11.8 Å². The van der Waals surface area contributed by atoms with Gasteiger partial charge in [0.1, 0.15) is 0 Å². The minimum atomic E-state index is -0.506. The number of aromatic nitrogens is 1. The van der Waals surface area contributed by atoms with Gasteiger partial charge in [-0.05, 0) is 24.7 Å². The highest BCUT2D eigenvalue weighted by Crippen LogP contribution is 2.28. The number of pyridine rings is 1. The van der Waals surface area contributed by atoms with Gasteiger partial charge in [-0.3, -0.25) is 9.78 Å². The Hall–Kier alpha value is -0.900. The Labute approximate surface area is 92.3 Å². The van der Waals surface area contributed by atoms with Gasteiger partial charge >= 0.3 is 0 Å². The molecule has 1 unspecified atom stereocenters. The summed E-state index contributed by atoms with van der Waals surface area (Å²) in [7, 11) is 0. The van der Waals surface area contributed by atoms with Crippen LogP contribution in [0.3, 0.4) is 0 Å². The molecule has 0 saturated carbocycles. The third-order valence-corrected chi connectivity index (χ3v) is 3.89. The fourth-order valence-electron chi connectivity index (χ4n) is 1.70. The summed E-state index contributed by atoms with van der Waals surface area (Å²) in [5.74, 6) is 0.414. The number of hydrogen-bond donors (Lipinski definition) is 0. The van der Waals surface area contributed by atoms with E-state index >= 15 is 0 Å². The van der Waals surface area contributed by atoms with Crippen LogP contribution in [-0.4, -0.2) is 21.8 Å². The molecule has 1 saturated heterocycles. The van der Waals surface area contributed by atoms with Crippen LogP contribution >= 0.6 is 11.8 Å². The number of rotatable bonds is 2. The summed E-state index contributed by atoms with van der Waals surface area (Å²) < 4.78 is 13.3. The Kier molecular flexibility index (Phi) is 3.36. The Balaban J connectivity index is 2.16. The molecule has 0 aromatic carbocycles. The Bertz CT molecular complexity index is 363. The second-order valence-electron chi connectivity index (χ2n) is 3.57. The summed E-state index contributed by atoms with van der Waals surface area (Å²) in [6, 6.07) is 1.47. The first-order valence-corrected chi connectivity index (χ1v) is 6.09. The number of carbonyl (C=O) groups is 1. The van der Waals surface area contributed by atoms with E-state index in [1.165, 1.54) is 12.3 Å². The smallest absolute Gasteiger partial charge is 0.178 e. The van der Waals surface area contributed by atoms with Gasteiger partial charge in [0.2, 0.25) is 0 Å². The van der Waals surface area contributed by atoms with Crippen molar-refractivity contribution in [3.05, 3.63) is 29.8 Å². The maximum atomic E-state index is 13.3. The van der Waals surface area contributed by atoms with Crippen LogP contribution in [0.5, 0.6) is 0 Å². The van der Waals surface area contributed by atoms with E-state index in [0.717, 1.165) is 31.2 Å². The van der Waals surface area contributed by atoms with Gasteiger partial charge in [-0.25, -0.2) is 4.39 Å². The van der Waals surface area contributed by atoms with Crippen molar-refractivity contribution in [2.24, 2.45) is 0 Å². The molecule has 2 rings (SSSR count). The molecule has 2 nitrogen and oxygen atoms in total. The molecular formula is C11H12FNOS. The van der Waals surface area contributed by atoms with Gasteiger partial charge in [0.15, 0.2) is 11.6 Å². The quantitative estimate of drug-likeness (QED) is 0.725. The molecule has 1 aliphatic heterocycles. The summed E-state index contributed by atoms with van der Waals surface area (Å²) >= 11 is 1.64. The van der Waals surface area contributed by atoms with E-state index in [-0.39, 0.29) is 16.6 Å². The first kappa shape index (κ1) is 10.6. The van der Waals surface area contributed by atoms with Crippen LogP contribution in [0.1, 0.15) is 29.6 Å². The molecule has 0 radical (unpaired) electrons. The third-order valence-electron chi connectivity index (χ3n) is 2.51. The van der Waals surface area contributed by atoms with Gasteiger partial charge in [0.05, 0.1) is 17.0 Å². The van der Waals surface area contributed by atoms with E-state index in [4.69, 9.17) is 0 Å². The van der Waals surface area contributed by atoms with Gasteiger partial charge in [0, 0.05) is 6.20 Å². The van der Waals surface area contributed by atoms with E-state index in [1.807, 2.05) is 0 Å². The van der Waals surface area contributed by atoms with Gasteiger partial charge in [-0.2, -0.15) is 11.8 Å². The number of hydrogen-bond acceptors (Lipinski definition) is 3. The van der Waals surface area contributed by atoms with Crippen molar-refractivity contribution in [1.82, 2.24) is 4.98 Å². The molecule has 1 fully saturated rings. The first-order valence-electron chi connectivity index (χ1n) is 5.04. The van der Waals surface area contributed by atoms with Crippen LogP contribution < -0.4 is 0 Å². The second-order valence-corrected chi connectivity index (χ2v) is 4.89. The van der Waals surface area contributed by atoms with Gasteiger partial charge in [0.25, 0.3) is 0 Å². The Morgan fingerprint density at radius 1 is 1.53 bits per heavy atom. The minimum absolute atomic E-state index is 0.0596. The van der Waals surface area contributed by atoms with Gasteiger partial charge in [-0.1, -0.05) is 6.42 Å². The highest BCUT2D eigenvalue weighted by molar-refractivity contribution is 8.00. The largest absolute Gasteiger partial charge is 0.293 e. The summed E-state index contributed by atoms with van der Waals surface area (Å²) in [6.07, 6.45) is 5.65. The average Bonchev–Trinajstić information content (AvgIpc) is 2.30. The lowest BCUT2D eigenvalue weighted by atomic mass is 10.0. The Morgan fingerprint density at radius 2 is 2.40 bits per heavy atom. The molecule has 80 valence electrons. The molecule has 0 bridgehead atoms. The van der Waals surface area contributed by atoms with Crippen molar-refractivity contribution in [3.63, 3.8) is 0 Å². The van der Waals surface area contributed by atoms with Crippen LogP contribution in [0.25, 0.3) is 0 Å². The lowest BCUT2D eigenvalue weighted by molar-refractivity contribution is 0.0981. The fourth-order valence-corrected chi connectivity index (χ4v) is 2.96. The van der Waals surface area contributed by atoms with Crippen molar-refractivity contribution >= 4 is 17.5 Å². The van der Waals surface area contributed by atoms with E-state index < -0.39 is 5.82 Å². The zero-order valence-corrected chi connectivity index (χ0v) is 9.10. The molecule has 0 aliphatic carbocycles. The van der Waals surface area contributed by atoms with Crippen LogP contribution in [0.4, 0.5) is 4.39 Å². The molecule has 1 aliphatic rings. The summed E-state index contributed by atoms with van der Waals surface area (Å²) in [6.45, 7) is 0. The molecule has 15 heavy (non-hydrogen) atoms. The number of carbonyl (C=O) groups excluding carboxylic acids is 1. The second kappa shape index (κ2) is 4.75. The SMILES string of the molecule is O=C(c1ccncc1F)C1CCCCS1. The molecule has 1 aromatic heterocycles. The molecule has 0 N–H and O–H groups in total. The maximum Gasteiger partial charge on any atom is 0.178 e. The number of halogens is 1. The molecule has 2 heterocycles. The molecular weight excluding hydrogens is 213 g/mol. The highest BCUT2D eigenvalue weighted by Gasteiger charge is 2.24. The zero-order chi connectivity index (χ0) is 10.7. The lowest BCUT2D eigenvalue weighted by Crippen LogP contribution is -2.22. The van der Waals surface area contributed by atoms with Crippen molar-refractivity contribution in [2.75, 3.05) is 5.75 Å². The van der Waals surface area contributed by atoms with E-state index in [0.29, 0.717) is 0 Å². The van der Waals surface area contributed by atoms with Crippen LogP contribution in [-0.2, 0) is 0 Å². The van der Waals surface area contributed by atoms with E-state index in [9.17, 15) is 9.18 Å². The van der Waals surface area contributed by atoms with Crippen molar-refractivity contribution in [1.29, 1.82) is 0 Å². The zero-order valence-electron chi connectivity index (χ0n) is 8.28. The summed E-state index contributed by atoms with van der Waals surface area (Å²) in [5, 5.41) is -0.0596. The van der Waals surface area contributed by atoms with Crippen molar-refractivity contribution < 1.29 is 9.18 Å². The topological polar surface area (TPSA) is 30.0 Å². The number of nitrogens with zero attached hydrogens (tertiary/aromatic N) is 1. The lowest BCUT2D eigenvalue weighted by Gasteiger charge is -2.19. The predicted octanol–water partition coefficient (Wildman–Crippen LogP) is 2.69. The van der Waals surface area contributed by atoms with Crippen LogP contribution in [0, 0.1) is 5.82 Å². The summed E-state index contributed by atoms with van der Waals surface area (Å²) in [4.78, 5) is 15.6. The fraction of sp³-hybridized carbons (Fsp3) is 0.455. The molecule has 1 atom stereocenters. The molecule has 0 spiro atoms. The van der Waals surface area contributed by atoms with Crippen LogP contribution in [0.15, 0.2) is 18.5 Å². The third kappa shape index (κ3) is 2.37. The standard InChI is InChI=1S/C11H12FNOS/c12-9-7-13-5-4-8(9)11(14)10-3-1-2-6-15-10/h4-5,7,10H,1-3,6H2. The van der Waals surface area contributed by atoms with Gasteiger partial charge in [-0.15, -0.1) is 0 Å². The van der Waals surface area contributed by atoms with E-state index in [2.05, 4.69) is 4.98 Å².